The second kappa shape index (κ2) is 23.0. The second-order valence-corrected chi connectivity index (χ2v) is 13.0. The van der Waals surface area contributed by atoms with Gasteiger partial charge >= 0.3 is 0 Å². The van der Waals surface area contributed by atoms with E-state index in [1.54, 1.807) is 13.2 Å². The van der Waals surface area contributed by atoms with Crippen LogP contribution in [0.1, 0.15) is 70.9 Å². The van der Waals surface area contributed by atoms with E-state index in [2.05, 4.69) is 81.4 Å². The van der Waals surface area contributed by atoms with Crippen molar-refractivity contribution in [2.45, 2.75) is 77.7 Å². The molecule has 3 heterocycles. The molecule has 2 saturated heterocycles. The Balaban J connectivity index is 0.000000338. The predicted octanol–water partition coefficient (Wildman–Crippen LogP) is 6.20. The van der Waals surface area contributed by atoms with Gasteiger partial charge in [-0.3, -0.25) is 4.90 Å². The number of aryl methyl sites for hydroxylation is 2. The van der Waals surface area contributed by atoms with Crippen LogP contribution in [0.5, 0.6) is 0 Å². The number of carbonyl (C=O) groups is 1. The van der Waals surface area contributed by atoms with E-state index in [9.17, 15) is 4.79 Å². The van der Waals surface area contributed by atoms with Crippen molar-refractivity contribution in [1.82, 2.24) is 14.4 Å². The van der Waals surface area contributed by atoms with Crippen LogP contribution in [0.2, 0.25) is 0 Å². The number of methoxy groups -OCH3 is 1. The largest absolute Gasteiger partial charge is 0.493 e. The van der Waals surface area contributed by atoms with Gasteiger partial charge in [0, 0.05) is 37.9 Å². The Morgan fingerprint density at radius 3 is 2.52 bits per heavy atom. The fourth-order valence-corrected chi connectivity index (χ4v) is 5.28. The molecule has 1 aromatic rings. The fourth-order valence-electron chi connectivity index (χ4n) is 5.28. The number of likely N-dealkylation sites (tertiary alicyclic amines) is 1. The first-order valence-corrected chi connectivity index (χ1v) is 16.6. The van der Waals surface area contributed by atoms with Crippen molar-refractivity contribution >= 4 is 6.29 Å². The van der Waals surface area contributed by atoms with Crippen molar-refractivity contribution in [2.75, 3.05) is 81.4 Å². The number of hydrogen-bond donors (Lipinski definition) is 0. The predicted molar refractivity (Wildman–Crippen MR) is 183 cm³/mol. The summed E-state index contributed by atoms with van der Waals surface area (Å²) in [6.45, 7) is 14.1. The average Bonchev–Trinajstić information content (AvgIpc) is 3.62. The molecule has 8 nitrogen and oxygen atoms in total. The molecule has 0 aromatic carbocycles. The molecule has 0 aliphatic carbocycles. The van der Waals surface area contributed by atoms with Crippen LogP contribution in [0.25, 0.3) is 0 Å². The summed E-state index contributed by atoms with van der Waals surface area (Å²) in [5.41, 5.74) is 2.42. The number of hydrogen-bond acceptors (Lipinski definition) is 6. The van der Waals surface area contributed by atoms with Gasteiger partial charge in [0.15, 0.2) is 18.3 Å². The molecule has 0 amide bonds. The summed E-state index contributed by atoms with van der Waals surface area (Å²) in [4.78, 5) is 15.6. The van der Waals surface area contributed by atoms with Crippen LogP contribution in [0.15, 0.2) is 54.2 Å². The Labute approximate surface area is 269 Å². The highest BCUT2D eigenvalue weighted by Gasteiger charge is 2.20. The minimum atomic E-state index is 0.309. The van der Waals surface area contributed by atoms with Gasteiger partial charge in [0.05, 0.1) is 41.3 Å². The summed E-state index contributed by atoms with van der Waals surface area (Å²) < 4.78 is 18.7. The number of unbranched alkanes of at least 4 members (excludes halogenated alkanes) is 1. The standard InChI is InChI=1S/C15H24N2O.C11H27N2.C10H14O3/c1-16-10-5-7-14(16)8-9-15-6-3-2-4-11-17(15)12-13-18;1-6-7-9-12(2)10-8-11-13(3,4)5;1-4-8(2)5-9(11-3)10-6-12-7-13-10/h5,7,10,13,15H,2-4,6,8-9,11-12H2,1H3;6-11H2,1-5H3;4-5H,1,6-7H2,2-3H3/q;+1;/b;;8-5-,10-9-. The van der Waals surface area contributed by atoms with E-state index < -0.39 is 0 Å². The van der Waals surface area contributed by atoms with Crippen molar-refractivity contribution in [3.8, 4) is 0 Å². The van der Waals surface area contributed by atoms with Crippen LogP contribution in [0.3, 0.4) is 0 Å². The number of quaternary nitrogens is 1. The van der Waals surface area contributed by atoms with Crippen LogP contribution in [0.4, 0.5) is 0 Å². The molecule has 0 radical (unpaired) electrons. The van der Waals surface area contributed by atoms with Crippen LogP contribution in [-0.2, 0) is 32.5 Å². The maximum absolute atomic E-state index is 10.8. The van der Waals surface area contributed by atoms with Gasteiger partial charge < -0.3 is 33.0 Å². The lowest BCUT2D eigenvalue weighted by atomic mass is 10.0. The molecule has 252 valence electrons. The van der Waals surface area contributed by atoms with Gasteiger partial charge in [0.2, 0.25) is 0 Å². The molecule has 1 aromatic heterocycles. The molecule has 8 heteroatoms. The summed E-state index contributed by atoms with van der Waals surface area (Å²) in [6.07, 6.45) is 18.1. The van der Waals surface area contributed by atoms with Gasteiger partial charge in [0.1, 0.15) is 12.9 Å². The number of aldehydes is 1. The third-order valence-corrected chi connectivity index (χ3v) is 8.08. The van der Waals surface area contributed by atoms with E-state index in [0.717, 1.165) is 35.1 Å². The lowest BCUT2D eigenvalue weighted by Gasteiger charge is -2.28. The first-order valence-electron chi connectivity index (χ1n) is 16.6. The fraction of sp³-hybridized carbons (Fsp3) is 0.694. The first kappa shape index (κ1) is 39.6. The lowest BCUT2D eigenvalue weighted by molar-refractivity contribution is -0.870. The topological polar surface area (TPSA) is 56.2 Å². The van der Waals surface area contributed by atoms with Gasteiger partial charge in [-0.25, -0.2) is 0 Å². The van der Waals surface area contributed by atoms with Crippen LogP contribution >= 0.6 is 0 Å². The van der Waals surface area contributed by atoms with E-state index in [0.29, 0.717) is 31.7 Å². The van der Waals surface area contributed by atoms with Crippen LogP contribution < -0.4 is 0 Å². The van der Waals surface area contributed by atoms with Gasteiger partial charge in [-0.1, -0.05) is 38.8 Å². The maximum Gasteiger partial charge on any atom is 0.189 e. The SMILES string of the molecule is C=C/C(C)=C\C(OC)=C1/COCO1.CCCCN(C)CCC[N+](C)(C)C.Cn1cccc1CCC1CCCCCN1CC=O. The first-order chi connectivity index (χ1) is 21.0. The molecule has 1 unspecified atom stereocenters. The average molecular weight is 618 g/mol. The van der Waals surface area contributed by atoms with Gasteiger partial charge in [-0.2, -0.15) is 0 Å². The summed E-state index contributed by atoms with van der Waals surface area (Å²) in [6, 6.07) is 4.89. The minimum Gasteiger partial charge on any atom is -0.493 e. The molecule has 0 N–H and O–H groups in total. The Morgan fingerprint density at radius 2 is 1.95 bits per heavy atom. The van der Waals surface area contributed by atoms with Crippen LogP contribution in [-0.4, -0.2) is 113 Å². The highest BCUT2D eigenvalue weighted by molar-refractivity contribution is 5.52. The van der Waals surface area contributed by atoms with Crippen molar-refractivity contribution in [3.05, 3.63) is 59.8 Å². The number of carbonyl (C=O) groups excluding carboxylic acids is 1. The number of aromatic nitrogens is 1. The molecule has 0 saturated carbocycles. The normalized spacial score (nSPS) is 18.8. The maximum atomic E-state index is 10.8. The van der Waals surface area contributed by atoms with Crippen molar-refractivity contribution < 1.29 is 23.5 Å². The zero-order chi connectivity index (χ0) is 32.8. The molecule has 1 atom stereocenters. The van der Waals surface area contributed by atoms with E-state index in [4.69, 9.17) is 14.2 Å². The number of ether oxygens (including phenoxy) is 3. The van der Waals surface area contributed by atoms with Gasteiger partial charge in [-0.05, 0) is 82.9 Å². The van der Waals surface area contributed by atoms with Crippen LogP contribution in [0, 0.1) is 0 Å². The highest BCUT2D eigenvalue weighted by Crippen LogP contribution is 2.20. The Hall–Kier alpha value is -2.39. The molecular formula is C36H65N4O4+. The monoisotopic (exact) mass is 618 g/mol. The molecule has 3 rings (SSSR count). The Morgan fingerprint density at radius 1 is 1.20 bits per heavy atom. The van der Waals surface area contributed by atoms with E-state index in [1.807, 2.05) is 13.0 Å². The smallest absolute Gasteiger partial charge is 0.189 e. The molecule has 2 aliphatic rings. The third kappa shape index (κ3) is 17.8. The zero-order valence-electron chi connectivity index (χ0n) is 29.5. The molecule has 2 aliphatic heterocycles. The van der Waals surface area contributed by atoms with E-state index in [1.165, 1.54) is 76.7 Å². The number of allylic oxidation sites excluding steroid dienone is 3. The molecule has 0 bridgehead atoms. The van der Waals surface area contributed by atoms with Crippen molar-refractivity contribution in [3.63, 3.8) is 0 Å². The lowest BCUT2D eigenvalue weighted by Crippen LogP contribution is -2.37. The molecule has 44 heavy (non-hydrogen) atoms. The number of nitrogens with zero attached hydrogens (tertiary/aromatic N) is 4. The van der Waals surface area contributed by atoms with Crippen molar-refractivity contribution in [1.29, 1.82) is 0 Å². The minimum absolute atomic E-state index is 0.309. The summed E-state index contributed by atoms with van der Waals surface area (Å²) in [5.74, 6) is 1.44. The van der Waals surface area contributed by atoms with E-state index in [-0.39, 0.29) is 0 Å². The summed E-state index contributed by atoms with van der Waals surface area (Å²) in [7, 11) is 12.7. The molecule has 0 spiro atoms. The summed E-state index contributed by atoms with van der Waals surface area (Å²) >= 11 is 0. The zero-order valence-corrected chi connectivity index (χ0v) is 29.5. The van der Waals surface area contributed by atoms with Crippen molar-refractivity contribution in [2.24, 2.45) is 7.05 Å². The summed E-state index contributed by atoms with van der Waals surface area (Å²) in [5, 5.41) is 0. The Bertz CT molecular complexity index is 971. The molecular weight excluding hydrogens is 552 g/mol. The molecule has 2 fully saturated rings. The Kier molecular flexibility index (Phi) is 20.7. The van der Waals surface area contributed by atoms with Gasteiger partial charge in [-0.15, -0.1) is 0 Å². The second-order valence-electron chi connectivity index (χ2n) is 13.0. The quantitative estimate of drug-likeness (QED) is 0.101. The highest BCUT2D eigenvalue weighted by atomic mass is 16.7. The van der Waals surface area contributed by atoms with E-state index >= 15 is 0 Å². The number of rotatable bonds is 15. The third-order valence-electron chi connectivity index (χ3n) is 8.08. The van der Waals surface area contributed by atoms with Gasteiger partial charge in [0.25, 0.3) is 0 Å².